The summed E-state index contributed by atoms with van der Waals surface area (Å²) in [4.78, 5) is 4.09. The van der Waals surface area contributed by atoms with Gasteiger partial charge in [-0.1, -0.05) is 0 Å². The smallest absolute Gasteiger partial charge is 0.144 e. The number of imidazole rings is 1. The molecule has 0 radical (unpaired) electrons. The van der Waals surface area contributed by atoms with Gasteiger partial charge in [0.15, 0.2) is 0 Å². The van der Waals surface area contributed by atoms with Crippen molar-refractivity contribution in [1.82, 2.24) is 9.55 Å². The number of hydrogen-bond donors (Lipinski definition) is 1. The Kier molecular flexibility index (Phi) is 1.37. The second-order valence-corrected chi connectivity index (χ2v) is 3.23. The molecule has 1 aromatic rings. The molecule has 0 aromatic carbocycles. The normalized spacial score (nSPS) is 23.2. The van der Waals surface area contributed by atoms with Crippen LogP contribution in [0.2, 0.25) is 0 Å². The summed E-state index contributed by atoms with van der Waals surface area (Å²) in [7, 11) is 0. The van der Waals surface area contributed by atoms with Crippen LogP contribution < -0.4 is 5.73 Å². The van der Waals surface area contributed by atoms with Gasteiger partial charge in [-0.3, -0.25) is 0 Å². The summed E-state index contributed by atoms with van der Waals surface area (Å²) < 4.78 is 2.19. The van der Waals surface area contributed by atoms with Crippen molar-refractivity contribution in [3.63, 3.8) is 0 Å². The number of rotatable bonds is 0. The van der Waals surface area contributed by atoms with Gasteiger partial charge in [-0.05, 0) is 26.2 Å². The third-order valence-corrected chi connectivity index (χ3v) is 2.44. The maximum absolute atomic E-state index is 5.69. The van der Waals surface area contributed by atoms with Gasteiger partial charge in [0.05, 0.1) is 12.0 Å². The average Bonchev–Trinajstić information content (AvgIpc) is 2.35. The molecule has 0 spiro atoms. The average molecular weight is 151 g/mol. The minimum absolute atomic E-state index is 0.587. The van der Waals surface area contributed by atoms with Gasteiger partial charge in [-0.15, -0.1) is 0 Å². The topological polar surface area (TPSA) is 43.8 Å². The standard InChI is InChI=1S/C8H13N3/c1-6-3-2-4-7-8(9)10-5-11(6)7/h5-6H,2-4,9H2,1H3. The highest BCUT2D eigenvalue weighted by atomic mass is 15.1. The molecule has 1 aliphatic rings. The van der Waals surface area contributed by atoms with Gasteiger partial charge < -0.3 is 10.3 Å². The lowest BCUT2D eigenvalue weighted by molar-refractivity contribution is 0.432. The van der Waals surface area contributed by atoms with Crippen molar-refractivity contribution < 1.29 is 0 Å². The Morgan fingerprint density at radius 2 is 2.55 bits per heavy atom. The fraction of sp³-hybridized carbons (Fsp3) is 0.625. The Morgan fingerprint density at radius 3 is 3.27 bits per heavy atom. The molecule has 0 saturated heterocycles. The first kappa shape index (κ1) is 6.70. The first-order chi connectivity index (χ1) is 5.29. The Labute approximate surface area is 66.2 Å². The van der Waals surface area contributed by atoms with E-state index in [2.05, 4.69) is 16.5 Å². The number of nitrogens with zero attached hydrogens (tertiary/aromatic N) is 2. The quantitative estimate of drug-likeness (QED) is 0.608. The minimum Gasteiger partial charge on any atom is -0.382 e. The van der Waals surface area contributed by atoms with Crippen LogP contribution in [0.5, 0.6) is 0 Å². The number of nitrogens with two attached hydrogens (primary N) is 1. The zero-order valence-electron chi connectivity index (χ0n) is 6.75. The molecule has 1 aromatic heterocycles. The molecule has 1 unspecified atom stereocenters. The van der Waals surface area contributed by atoms with E-state index < -0.39 is 0 Å². The molecule has 0 aliphatic carbocycles. The van der Waals surface area contributed by atoms with E-state index in [-0.39, 0.29) is 0 Å². The maximum Gasteiger partial charge on any atom is 0.144 e. The highest BCUT2D eigenvalue weighted by Gasteiger charge is 2.17. The Morgan fingerprint density at radius 1 is 1.73 bits per heavy atom. The van der Waals surface area contributed by atoms with Crippen LogP contribution in [0.15, 0.2) is 6.33 Å². The molecular weight excluding hydrogens is 138 g/mol. The highest BCUT2D eigenvalue weighted by molar-refractivity contribution is 5.36. The molecule has 11 heavy (non-hydrogen) atoms. The van der Waals surface area contributed by atoms with Crippen molar-refractivity contribution in [2.45, 2.75) is 32.2 Å². The van der Waals surface area contributed by atoms with Gasteiger partial charge in [0.1, 0.15) is 5.82 Å². The number of anilines is 1. The van der Waals surface area contributed by atoms with E-state index in [4.69, 9.17) is 5.73 Å². The summed E-state index contributed by atoms with van der Waals surface area (Å²) in [5.74, 6) is 0.719. The van der Waals surface area contributed by atoms with Crippen LogP contribution in [0.4, 0.5) is 5.82 Å². The van der Waals surface area contributed by atoms with Crippen LogP contribution in [0.3, 0.4) is 0 Å². The lowest BCUT2D eigenvalue weighted by Gasteiger charge is -2.21. The summed E-state index contributed by atoms with van der Waals surface area (Å²) in [6, 6.07) is 0.587. The number of aromatic nitrogens is 2. The van der Waals surface area contributed by atoms with Crippen LogP contribution in [0.25, 0.3) is 0 Å². The summed E-state index contributed by atoms with van der Waals surface area (Å²) in [5.41, 5.74) is 6.92. The molecule has 3 heteroatoms. The lowest BCUT2D eigenvalue weighted by Crippen LogP contribution is -2.14. The van der Waals surface area contributed by atoms with E-state index >= 15 is 0 Å². The van der Waals surface area contributed by atoms with Gasteiger partial charge in [-0.25, -0.2) is 4.98 Å². The zero-order chi connectivity index (χ0) is 7.84. The molecule has 2 heterocycles. The van der Waals surface area contributed by atoms with Gasteiger partial charge >= 0.3 is 0 Å². The van der Waals surface area contributed by atoms with Crippen molar-refractivity contribution in [2.75, 3.05) is 5.73 Å². The number of fused-ring (bicyclic) bond motifs is 1. The summed E-state index contributed by atoms with van der Waals surface area (Å²) in [6.07, 6.45) is 5.45. The second-order valence-electron chi connectivity index (χ2n) is 3.23. The van der Waals surface area contributed by atoms with E-state index in [9.17, 15) is 0 Å². The van der Waals surface area contributed by atoms with Crippen LogP contribution in [0.1, 0.15) is 31.5 Å². The largest absolute Gasteiger partial charge is 0.382 e. The second kappa shape index (κ2) is 2.26. The molecule has 2 N–H and O–H groups in total. The molecule has 60 valence electrons. The van der Waals surface area contributed by atoms with E-state index in [1.807, 2.05) is 6.33 Å². The Bertz CT molecular complexity index is 264. The predicted molar refractivity (Wildman–Crippen MR) is 44.3 cm³/mol. The first-order valence-corrected chi connectivity index (χ1v) is 4.10. The zero-order valence-corrected chi connectivity index (χ0v) is 6.75. The number of nitrogen functional groups attached to an aromatic ring is 1. The van der Waals surface area contributed by atoms with Gasteiger partial charge in [0, 0.05) is 6.04 Å². The fourth-order valence-electron chi connectivity index (χ4n) is 1.74. The maximum atomic E-state index is 5.69. The van der Waals surface area contributed by atoms with Crippen molar-refractivity contribution in [1.29, 1.82) is 0 Å². The van der Waals surface area contributed by atoms with E-state index in [1.165, 1.54) is 18.5 Å². The van der Waals surface area contributed by atoms with Gasteiger partial charge in [0.25, 0.3) is 0 Å². The van der Waals surface area contributed by atoms with Crippen LogP contribution in [-0.4, -0.2) is 9.55 Å². The van der Waals surface area contributed by atoms with E-state index in [0.717, 1.165) is 12.2 Å². The predicted octanol–water partition coefficient (Wildman–Crippen LogP) is 1.36. The third kappa shape index (κ3) is 0.914. The fourth-order valence-corrected chi connectivity index (χ4v) is 1.74. The van der Waals surface area contributed by atoms with Crippen molar-refractivity contribution in [2.24, 2.45) is 0 Å². The summed E-state index contributed by atoms with van der Waals surface area (Å²) in [5, 5.41) is 0. The molecule has 2 rings (SSSR count). The number of hydrogen-bond acceptors (Lipinski definition) is 2. The van der Waals surface area contributed by atoms with Crippen molar-refractivity contribution in [3.05, 3.63) is 12.0 Å². The third-order valence-electron chi connectivity index (χ3n) is 2.44. The van der Waals surface area contributed by atoms with Crippen LogP contribution in [0, 0.1) is 0 Å². The lowest BCUT2D eigenvalue weighted by atomic mass is 10.0. The van der Waals surface area contributed by atoms with Crippen molar-refractivity contribution >= 4 is 5.82 Å². The summed E-state index contributed by atoms with van der Waals surface area (Å²) in [6.45, 7) is 2.21. The van der Waals surface area contributed by atoms with Gasteiger partial charge in [-0.2, -0.15) is 0 Å². The molecule has 0 amide bonds. The molecule has 0 fully saturated rings. The highest BCUT2D eigenvalue weighted by Crippen LogP contribution is 2.26. The first-order valence-electron chi connectivity index (χ1n) is 4.10. The molecular formula is C8H13N3. The SMILES string of the molecule is CC1CCCc2c(N)ncn21. The molecule has 0 bridgehead atoms. The van der Waals surface area contributed by atoms with E-state index in [1.54, 1.807) is 0 Å². The molecule has 3 nitrogen and oxygen atoms in total. The van der Waals surface area contributed by atoms with E-state index in [0.29, 0.717) is 6.04 Å². The molecule has 0 saturated carbocycles. The monoisotopic (exact) mass is 151 g/mol. The Balaban J connectivity index is 2.46. The van der Waals surface area contributed by atoms with Gasteiger partial charge in [0.2, 0.25) is 0 Å². The van der Waals surface area contributed by atoms with Crippen molar-refractivity contribution in [3.8, 4) is 0 Å². The molecule has 1 atom stereocenters. The summed E-state index contributed by atoms with van der Waals surface area (Å²) >= 11 is 0. The minimum atomic E-state index is 0.587. The van der Waals surface area contributed by atoms with Crippen LogP contribution in [-0.2, 0) is 6.42 Å². The van der Waals surface area contributed by atoms with Crippen LogP contribution >= 0.6 is 0 Å². The molecule has 1 aliphatic heterocycles. The Hall–Kier alpha value is -0.990.